The van der Waals surface area contributed by atoms with Crippen LogP contribution in [-0.4, -0.2) is 30.8 Å². The molecule has 0 unspecified atom stereocenters. The summed E-state index contributed by atoms with van der Waals surface area (Å²) < 4.78 is 0. The minimum absolute atomic E-state index is 0.221. The van der Waals surface area contributed by atoms with E-state index in [2.05, 4.69) is 31.7 Å². The molecule has 1 aromatic rings. The second kappa shape index (κ2) is 6.69. The molecule has 0 fully saturated rings. The van der Waals surface area contributed by atoms with Crippen molar-refractivity contribution in [2.45, 2.75) is 34.1 Å². The first-order valence-electron chi connectivity index (χ1n) is 6.69. The van der Waals surface area contributed by atoms with Crippen LogP contribution in [0.4, 0.5) is 0 Å². The van der Waals surface area contributed by atoms with Crippen molar-refractivity contribution >= 4 is 5.78 Å². The van der Waals surface area contributed by atoms with Gasteiger partial charge in [0, 0.05) is 5.56 Å². The summed E-state index contributed by atoms with van der Waals surface area (Å²) in [7, 11) is 2.02. The van der Waals surface area contributed by atoms with Crippen molar-refractivity contribution in [1.82, 2.24) is 4.90 Å². The molecule has 0 atom stereocenters. The Labute approximate surface area is 111 Å². The van der Waals surface area contributed by atoms with Crippen LogP contribution in [0.2, 0.25) is 0 Å². The van der Waals surface area contributed by atoms with Crippen molar-refractivity contribution in [3.8, 4) is 0 Å². The maximum Gasteiger partial charge on any atom is 0.177 e. The van der Waals surface area contributed by atoms with Gasteiger partial charge in [0.1, 0.15) is 0 Å². The van der Waals surface area contributed by atoms with Crippen LogP contribution in [0.5, 0.6) is 0 Å². The standard InChI is InChI=1S/C16H25NO/c1-12(2)8-9-17(5)11-16(18)15-7-6-13(3)10-14(15)4/h6-7,10,12H,8-9,11H2,1-5H3. The number of Topliss-reactive ketones (excluding diaryl/α,β-unsaturated/α-hetero) is 1. The maximum atomic E-state index is 12.2. The van der Waals surface area contributed by atoms with Crippen molar-refractivity contribution in [2.75, 3.05) is 20.1 Å². The molecule has 1 rings (SSSR count). The Morgan fingerprint density at radius 2 is 1.94 bits per heavy atom. The first-order chi connectivity index (χ1) is 8.40. The molecule has 0 aliphatic heterocycles. The van der Waals surface area contributed by atoms with Crippen molar-refractivity contribution in [1.29, 1.82) is 0 Å². The zero-order valence-corrected chi connectivity index (χ0v) is 12.3. The van der Waals surface area contributed by atoms with Gasteiger partial charge in [-0.3, -0.25) is 9.69 Å². The average Bonchev–Trinajstić information content (AvgIpc) is 2.26. The average molecular weight is 247 g/mol. The van der Waals surface area contributed by atoms with Crippen LogP contribution in [0.15, 0.2) is 18.2 Å². The summed E-state index contributed by atoms with van der Waals surface area (Å²) >= 11 is 0. The van der Waals surface area contributed by atoms with Gasteiger partial charge in [-0.2, -0.15) is 0 Å². The number of likely N-dealkylation sites (N-methyl/N-ethyl adjacent to an activating group) is 1. The zero-order chi connectivity index (χ0) is 13.7. The van der Waals surface area contributed by atoms with Gasteiger partial charge in [-0.15, -0.1) is 0 Å². The van der Waals surface area contributed by atoms with E-state index in [1.54, 1.807) is 0 Å². The smallest absolute Gasteiger partial charge is 0.177 e. The predicted octanol–water partition coefficient (Wildman–Crippen LogP) is 3.46. The molecule has 0 spiro atoms. The Kier molecular flexibility index (Phi) is 5.54. The summed E-state index contributed by atoms with van der Waals surface area (Å²) in [6.45, 7) is 9.97. The number of hydrogen-bond acceptors (Lipinski definition) is 2. The van der Waals surface area contributed by atoms with Crippen LogP contribution < -0.4 is 0 Å². The summed E-state index contributed by atoms with van der Waals surface area (Å²) in [6.07, 6.45) is 1.14. The van der Waals surface area contributed by atoms with Gasteiger partial charge in [-0.25, -0.2) is 0 Å². The Balaban J connectivity index is 2.59. The quantitative estimate of drug-likeness (QED) is 0.717. The number of carbonyl (C=O) groups excluding carboxylic acids is 1. The lowest BCUT2D eigenvalue weighted by atomic mass is 10.0. The van der Waals surface area contributed by atoms with Crippen LogP contribution in [0.1, 0.15) is 41.8 Å². The van der Waals surface area contributed by atoms with Gasteiger partial charge in [0.15, 0.2) is 5.78 Å². The Morgan fingerprint density at radius 1 is 1.28 bits per heavy atom. The molecule has 0 saturated carbocycles. The predicted molar refractivity (Wildman–Crippen MR) is 77.2 cm³/mol. The summed E-state index contributed by atoms with van der Waals surface area (Å²) in [5, 5.41) is 0. The lowest BCUT2D eigenvalue weighted by Crippen LogP contribution is -2.28. The third-order valence-corrected chi connectivity index (χ3v) is 3.18. The van der Waals surface area contributed by atoms with Gasteiger partial charge in [0.05, 0.1) is 6.54 Å². The molecule has 2 heteroatoms. The van der Waals surface area contributed by atoms with E-state index in [1.165, 1.54) is 5.56 Å². The molecule has 0 bridgehead atoms. The first kappa shape index (κ1) is 14.9. The molecule has 100 valence electrons. The minimum atomic E-state index is 0.221. The second-order valence-electron chi connectivity index (χ2n) is 5.66. The van der Waals surface area contributed by atoms with Crippen molar-refractivity contribution < 1.29 is 4.79 Å². The highest BCUT2D eigenvalue weighted by Gasteiger charge is 2.11. The fraction of sp³-hybridized carbons (Fsp3) is 0.562. The van der Waals surface area contributed by atoms with Gasteiger partial charge in [0.2, 0.25) is 0 Å². The second-order valence-corrected chi connectivity index (χ2v) is 5.66. The van der Waals surface area contributed by atoms with Crippen LogP contribution in [0, 0.1) is 19.8 Å². The normalized spacial score (nSPS) is 11.3. The third kappa shape index (κ3) is 4.61. The topological polar surface area (TPSA) is 20.3 Å². The number of benzene rings is 1. The van der Waals surface area contributed by atoms with Crippen molar-refractivity contribution in [2.24, 2.45) is 5.92 Å². The van der Waals surface area contributed by atoms with Crippen molar-refractivity contribution in [3.63, 3.8) is 0 Å². The molecule has 0 radical (unpaired) electrons. The third-order valence-electron chi connectivity index (χ3n) is 3.18. The SMILES string of the molecule is Cc1ccc(C(=O)CN(C)CCC(C)C)c(C)c1. The number of carbonyl (C=O) groups is 1. The summed E-state index contributed by atoms with van der Waals surface area (Å²) in [6, 6.07) is 6.03. The van der Waals surface area contributed by atoms with Gasteiger partial charge in [-0.1, -0.05) is 37.6 Å². The number of rotatable bonds is 6. The Hall–Kier alpha value is -1.15. The van der Waals surface area contributed by atoms with E-state index < -0.39 is 0 Å². The summed E-state index contributed by atoms with van der Waals surface area (Å²) in [4.78, 5) is 14.3. The van der Waals surface area contributed by atoms with Crippen LogP contribution in [-0.2, 0) is 0 Å². The zero-order valence-electron chi connectivity index (χ0n) is 12.3. The molecule has 0 aliphatic carbocycles. The number of nitrogens with zero attached hydrogens (tertiary/aromatic N) is 1. The molecule has 0 aliphatic rings. The van der Waals surface area contributed by atoms with Crippen molar-refractivity contribution in [3.05, 3.63) is 34.9 Å². The molecular weight excluding hydrogens is 222 g/mol. The lowest BCUT2D eigenvalue weighted by Gasteiger charge is -2.17. The van der Waals surface area contributed by atoms with E-state index in [0.717, 1.165) is 24.1 Å². The highest BCUT2D eigenvalue weighted by atomic mass is 16.1. The molecule has 1 aromatic carbocycles. The fourth-order valence-corrected chi connectivity index (χ4v) is 2.01. The van der Waals surface area contributed by atoms with E-state index in [1.807, 2.05) is 26.1 Å². The lowest BCUT2D eigenvalue weighted by molar-refractivity contribution is 0.0943. The monoisotopic (exact) mass is 247 g/mol. The Bertz CT molecular complexity index is 410. The van der Waals surface area contributed by atoms with E-state index >= 15 is 0 Å². The molecule has 0 aromatic heterocycles. The van der Waals surface area contributed by atoms with E-state index in [4.69, 9.17) is 0 Å². The molecule has 2 nitrogen and oxygen atoms in total. The molecular formula is C16H25NO. The maximum absolute atomic E-state index is 12.2. The number of ketones is 1. The highest BCUT2D eigenvalue weighted by molar-refractivity contribution is 5.98. The summed E-state index contributed by atoms with van der Waals surface area (Å²) in [5.41, 5.74) is 3.14. The summed E-state index contributed by atoms with van der Waals surface area (Å²) in [5.74, 6) is 0.905. The van der Waals surface area contributed by atoms with Gasteiger partial charge < -0.3 is 0 Å². The number of hydrogen-bond donors (Lipinski definition) is 0. The highest BCUT2D eigenvalue weighted by Crippen LogP contribution is 2.12. The van der Waals surface area contributed by atoms with E-state index in [-0.39, 0.29) is 5.78 Å². The van der Waals surface area contributed by atoms with Gasteiger partial charge in [0.25, 0.3) is 0 Å². The largest absolute Gasteiger partial charge is 0.299 e. The van der Waals surface area contributed by atoms with Gasteiger partial charge >= 0.3 is 0 Å². The van der Waals surface area contributed by atoms with E-state index in [9.17, 15) is 4.79 Å². The Morgan fingerprint density at radius 3 is 2.50 bits per heavy atom. The molecule has 0 saturated heterocycles. The van der Waals surface area contributed by atoms with Crippen LogP contribution >= 0.6 is 0 Å². The molecule has 0 N–H and O–H groups in total. The van der Waals surface area contributed by atoms with Crippen LogP contribution in [0.3, 0.4) is 0 Å². The van der Waals surface area contributed by atoms with E-state index in [0.29, 0.717) is 12.5 Å². The molecule has 0 amide bonds. The minimum Gasteiger partial charge on any atom is -0.299 e. The first-order valence-corrected chi connectivity index (χ1v) is 6.69. The fourth-order valence-electron chi connectivity index (χ4n) is 2.01. The van der Waals surface area contributed by atoms with Gasteiger partial charge in [-0.05, 0) is 45.3 Å². The number of aryl methyl sites for hydroxylation is 2. The van der Waals surface area contributed by atoms with Crippen LogP contribution in [0.25, 0.3) is 0 Å². The molecule has 0 heterocycles. The molecule has 18 heavy (non-hydrogen) atoms.